The number of alkyl carbamates (subject to hydrolysis) is 1. The second-order valence-electron chi connectivity index (χ2n) is 11.0. The molecule has 1 aliphatic rings. The van der Waals surface area contributed by atoms with Crippen LogP contribution in [0.2, 0.25) is 0 Å². The first kappa shape index (κ1) is 29.6. The number of aromatic nitrogens is 4. The van der Waals surface area contributed by atoms with Crippen molar-refractivity contribution in [3.63, 3.8) is 0 Å². The first-order chi connectivity index (χ1) is 19.4. The van der Waals surface area contributed by atoms with Crippen LogP contribution in [0.4, 0.5) is 10.7 Å². The lowest BCUT2D eigenvalue weighted by Gasteiger charge is -2.34. The third-order valence-corrected chi connectivity index (χ3v) is 6.80. The fraction of sp³-hybridized carbons (Fsp3) is 0.517. The number of piperidine rings is 1. The summed E-state index contributed by atoms with van der Waals surface area (Å²) in [5, 5.41) is 2.95. The van der Waals surface area contributed by atoms with Crippen LogP contribution >= 0.6 is 0 Å². The molecule has 1 saturated heterocycles. The molecule has 0 spiro atoms. The third kappa shape index (κ3) is 6.51. The van der Waals surface area contributed by atoms with E-state index in [0.29, 0.717) is 36.1 Å². The Hall–Kier alpha value is -4.40. The number of ether oxygens (including phenoxy) is 3. The number of aryl methyl sites for hydroxylation is 1. The fourth-order valence-corrected chi connectivity index (χ4v) is 4.94. The highest BCUT2D eigenvalue weighted by Gasteiger charge is 2.29. The number of carbonyl (C=O) groups excluding carboxylic acids is 1. The SMILES string of the molecule is CC#CCn1c(N2CCC[C@@H](NC(=O)OC(C)(C)C)C2)nc2c1c(=O)n(Cc1cc(OC)cc(OC)c1)c(=O)n2C. The van der Waals surface area contributed by atoms with Crippen LogP contribution < -0.4 is 30.9 Å². The number of hydrogen-bond donors (Lipinski definition) is 1. The van der Waals surface area contributed by atoms with Gasteiger partial charge in [-0.25, -0.2) is 9.59 Å². The Bertz CT molecular complexity index is 1600. The second kappa shape index (κ2) is 12.0. The number of carbonyl (C=O) groups is 1. The quantitative estimate of drug-likeness (QED) is 0.433. The number of methoxy groups -OCH3 is 2. The molecular weight excluding hydrogens is 528 g/mol. The standard InChI is InChI=1S/C29H38N6O6/c1-8-9-13-34-23-24(31-26(34)33-12-10-11-20(18-33)30-27(37)41-29(2,3)4)32(5)28(38)35(25(23)36)17-19-14-21(39-6)16-22(15-19)40-7/h14-16,20H,10-13,17-18H2,1-7H3,(H,30,37)/t20-/m1/s1. The highest BCUT2D eigenvalue weighted by atomic mass is 16.6. The van der Waals surface area contributed by atoms with Gasteiger partial charge in [-0.2, -0.15) is 4.98 Å². The van der Waals surface area contributed by atoms with Crippen molar-refractivity contribution >= 4 is 23.2 Å². The number of fused-ring (bicyclic) bond motifs is 1. The van der Waals surface area contributed by atoms with Gasteiger partial charge in [-0.15, -0.1) is 5.92 Å². The van der Waals surface area contributed by atoms with Crippen LogP contribution in [0.1, 0.15) is 46.1 Å². The van der Waals surface area contributed by atoms with Crippen LogP contribution in [0.5, 0.6) is 11.5 Å². The van der Waals surface area contributed by atoms with Crippen molar-refractivity contribution in [2.75, 3.05) is 32.2 Å². The van der Waals surface area contributed by atoms with Crippen molar-refractivity contribution in [3.05, 3.63) is 44.6 Å². The molecule has 220 valence electrons. The Morgan fingerprint density at radius 2 is 1.80 bits per heavy atom. The summed E-state index contributed by atoms with van der Waals surface area (Å²) in [7, 11) is 4.68. The Kier molecular flexibility index (Phi) is 8.66. The summed E-state index contributed by atoms with van der Waals surface area (Å²) in [6.45, 7) is 8.54. The molecule has 12 heteroatoms. The van der Waals surface area contributed by atoms with E-state index in [-0.39, 0.29) is 30.3 Å². The topological polar surface area (TPSA) is 122 Å². The van der Waals surface area contributed by atoms with Crippen molar-refractivity contribution in [1.82, 2.24) is 24.0 Å². The molecule has 1 amide bonds. The minimum atomic E-state index is -0.605. The molecule has 1 aromatic carbocycles. The van der Waals surface area contributed by atoms with Gasteiger partial charge in [-0.05, 0) is 58.2 Å². The van der Waals surface area contributed by atoms with Gasteiger partial charge in [-0.1, -0.05) is 5.92 Å². The summed E-state index contributed by atoms with van der Waals surface area (Å²) < 4.78 is 20.5. The van der Waals surface area contributed by atoms with Gasteiger partial charge in [-0.3, -0.25) is 18.5 Å². The van der Waals surface area contributed by atoms with Gasteiger partial charge in [0.25, 0.3) is 5.56 Å². The molecule has 3 heterocycles. The van der Waals surface area contributed by atoms with Crippen molar-refractivity contribution in [2.45, 2.75) is 65.3 Å². The molecule has 12 nitrogen and oxygen atoms in total. The van der Waals surface area contributed by atoms with Gasteiger partial charge in [0.05, 0.1) is 27.3 Å². The van der Waals surface area contributed by atoms with E-state index in [9.17, 15) is 14.4 Å². The number of nitrogens with one attached hydrogen (secondary N) is 1. The molecule has 2 aromatic heterocycles. The lowest BCUT2D eigenvalue weighted by atomic mass is 10.1. The molecular formula is C29H38N6O6. The molecule has 1 aliphatic heterocycles. The Morgan fingerprint density at radius 3 is 2.41 bits per heavy atom. The van der Waals surface area contributed by atoms with Crippen LogP contribution in [0.15, 0.2) is 27.8 Å². The normalized spacial score (nSPS) is 15.3. The lowest BCUT2D eigenvalue weighted by molar-refractivity contribution is 0.0499. The van der Waals surface area contributed by atoms with E-state index < -0.39 is 22.9 Å². The van der Waals surface area contributed by atoms with Gasteiger partial charge in [0, 0.05) is 32.2 Å². The zero-order chi connectivity index (χ0) is 29.9. The third-order valence-electron chi connectivity index (χ3n) is 6.80. The van der Waals surface area contributed by atoms with E-state index in [1.165, 1.54) is 9.13 Å². The predicted molar refractivity (Wildman–Crippen MR) is 156 cm³/mol. The fourth-order valence-electron chi connectivity index (χ4n) is 4.94. The van der Waals surface area contributed by atoms with Crippen LogP contribution in [-0.4, -0.2) is 63.7 Å². The number of amides is 1. The first-order valence-corrected chi connectivity index (χ1v) is 13.5. The van der Waals surface area contributed by atoms with E-state index >= 15 is 0 Å². The molecule has 41 heavy (non-hydrogen) atoms. The maximum atomic E-state index is 13.9. The highest BCUT2D eigenvalue weighted by Crippen LogP contribution is 2.25. The molecule has 0 saturated carbocycles. The van der Waals surface area contributed by atoms with E-state index in [0.717, 1.165) is 12.8 Å². The molecule has 1 atom stereocenters. The molecule has 1 N–H and O–H groups in total. The number of imidazole rings is 1. The van der Waals surface area contributed by atoms with Crippen molar-refractivity contribution in [1.29, 1.82) is 0 Å². The van der Waals surface area contributed by atoms with E-state index in [2.05, 4.69) is 17.2 Å². The smallest absolute Gasteiger partial charge is 0.407 e. The van der Waals surface area contributed by atoms with E-state index in [1.807, 2.05) is 25.7 Å². The number of rotatable bonds is 7. The summed E-state index contributed by atoms with van der Waals surface area (Å²) in [5.41, 5.74) is -0.346. The Balaban J connectivity index is 1.77. The van der Waals surface area contributed by atoms with Crippen molar-refractivity contribution < 1.29 is 19.0 Å². The van der Waals surface area contributed by atoms with Crippen LogP contribution in [0.25, 0.3) is 11.2 Å². The summed E-state index contributed by atoms with van der Waals surface area (Å²) in [4.78, 5) is 46.6. The number of hydrogen-bond acceptors (Lipinski definition) is 8. The summed E-state index contributed by atoms with van der Waals surface area (Å²) in [6, 6.07) is 5.07. The van der Waals surface area contributed by atoms with Crippen molar-refractivity contribution in [3.8, 4) is 23.3 Å². The van der Waals surface area contributed by atoms with Gasteiger partial charge in [0.2, 0.25) is 5.95 Å². The molecule has 0 aliphatic carbocycles. The average Bonchev–Trinajstić information content (AvgIpc) is 3.31. The van der Waals surface area contributed by atoms with Gasteiger partial charge >= 0.3 is 11.8 Å². The monoisotopic (exact) mass is 566 g/mol. The molecule has 1 fully saturated rings. The number of nitrogens with zero attached hydrogens (tertiary/aromatic N) is 5. The first-order valence-electron chi connectivity index (χ1n) is 13.5. The van der Waals surface area contributed by atoms with Crippen LogP contribution in [0, 0.1) is 11.8 Å². The predicted octanol–water partition coefficient (Wildman–Crippen LogP) is 2.48. The number of anilines is 1. The largest absolute Gasteiger partial charge is 0.497 e. The Labute approximate surface area is 238 Å². The van der Waals surface area contributed by atoms with E-state index in [4.69, 9.17) is 19.2 Å². The lowest BCUT2D eigenvalue weighted by Crippen LogP contribution is -2.49. The maximum Gasteiger partial charge on any atom is 0.407 e. The average molecular weight is 567 g/mol. The maximum absolute atomic E-state index is 13.9. The minimum absolute atomic E-state index is 0.0145. The highest BCUT2D eigenvalue weighted by molar-refractivity contribution is 5.75. The number of benzene rings is 1. The second-order valence-corrected chi connectivity index (χ2v) is 11.0. The van der Waals surface area contributed by atoms with E-state index in [1.54, 1.807) is 51.0 Å². The summed E-state index contributed by atoms with van der Waals surface area (Å²) >= 11 is 0. The van der Waals surface area contributed by atoms with Gasteiger partial charge in [0.1, 0.15) is 17.1 Å². The molecule has 0 unspecified atom stereocenters. The molecule has 0 bridgehead atoms. The molecule has 4 rings (SSSR count). The summed E-state index contributed by atoms with van der Waals surface area (Å²) in [6.07, 6.45) is 1.10. The van der Waals surface area contributed by atoms with Gasteiger partial charge < -0.3 is 24.4 Å². The minimum Gasteiger partial charge on any atom is -0.497 e. The van der Waals surface area contributed by atoms with Crippen LogP contribution in [-0.2, 0) is 24.9 Å². The zero-order valence-electron chi connectivity index (χ0n) is 24.7. The summed E-state index contributed by atoms with van der Waals surface area (Å²) in [5.74, 6) is 7.55. The molecule has 3 aromatic rings. The van der Waals surface area contributed by atoms with Crippen LogP contribution in [0.3, 0.4) is 0 Å². The van der Waals surface area contributed by atoms with Crippen molar-refractivity contribution in [2.24, 2.45) is 7.05 Å². The van der Waals surface area contributed by atoms with Gasteiger partial charge in [0.15, 0.2) is 11.2 Å². The Morgan fingerprint density at radius 1 is 1.12 bits per heavy atom. The zero-order valence-corrected chi connectivity index (χ0v) is 24.7. The molecule has 0 radical (unpaired) electrons.